The summed E-state index contributed by atoms with van der Waals surface area (Å²) in [6, 6.07) is 11.9. The summed E-state index contributed by atoms with van der Waals surface area (Å²) < 4.78 is 24.9. The maximum atomic E-state index is 13.1. The summed E-state index contributed by atoms with van der Waals surface area (Å²) in [5.41, 5.74) is 1.69. The number of halogens is 1. The molecule has 172 valence electrons. The fourth-order valence-corrected chi connectivity index (χ4v) is 5.33. The number of anilines is 3. The highest BCUT2D eigenvalue weighted by atomic mass is 32.2. The first-order chi connectivity index (χ1) is 16.1. The molecule has 2 aliphatic rings. The third-order valence-corrected chi connectivity index (χ3v) is 7.41. The molecular weight excluding hydrogens is 465 g/mol. The molecule has 1 amide bonds. The van der Waals surface area contributed by atoms with Gasteiger partial charge in [0, 0.05) is 43.6 Å². The van der Waals surface area contributed by atoms with Crippen molar-refractivity contribution in [2.24, 2.45) is 0 Å². The smallest absolute Gasteiger partial charge is 0.234 e. The van der Waals surface area contributed by atoms with Crippen LogP contribution in [0.5, 0.6) is 11.5 Å². The minimum Gasteiger partial charge on any atom is -0.486 e. The van der Waals surface area contributed by atoms with Crippen molar-refractivity contribution in [3.63, 3.8) is 0 Å². The second-order valence-electron chi connectivity index (χ2n) is 7.50. The molecule has 11 heteroatoms. The van der Waals surface area contributed by atoms with Gasteiger partial charge >= 0.3 is 0 Å². The Morgan fingerprint density at radius 3 is 2.52 bits per heavy atom. The van der Waals surface area contributed by atoms with Gasteiger partial charge in [-0.05, 0) is 36.4 Å². The average molecular weight is 488 g/mol. The number of piperazine rings is 1. The highest BCUT2D eigenvalue weighted by Gasteiger charge is 2.21. The summed E-state index contributed by atoms with van der Waals surface area (Å²) in [6.45, 7) is 4.30. The Bertz CT molecular complexity index is 1120. The number of carbonyl (C=O) groups excluding carboxylic acids is 1. The minimum absolute atomic E-state index is 0.124. The number of nitrogens with zero attached hydrogens (tertiary/aromatic N) is 4. The van der Waals surface area contributed by atoms with Crippen LogP contribution in [0.15, 0.2) is 46.8 Å². The van der Waals surface area contributed by atoms with Gasteiger partial charge in [0.05, 0.1) is 5.75 Å². The Morgan fingerprint density at radius 2 is 1.73 bits per heavy atom. The number of aromatic nitrogens is 2. The fourth-order valence-electron chi connectivity index (χ4n) is 3.64. The van der Waals surface area contributed by atoms with Crippen LogP contribution in [0.2, 0.25) is 0 Å². The van der Waals surface area contributed by atoms with E-state index in [1.165, 1.54) is 35.2 Å². The van der Waals surface area contributed by atoms with Crippen molar-refractivity contribution < 1.29 is 18.7 Å². The molecule has 1 saturated heterocycles. The van der Waals surface area contributed by atoms with Gasteiger partial charge in [-0.1, -0.05) is 23.1 Å². The number of hydrogen-bond donors (Lipinski definition) is 1. The van der Waals surface area contributed by atoms with Gasteiger partial charge in [-0.3, -0.25) is 4.79 Å². The third-order valence-electron chi connectivity index (χ3n) is 5.29. The van der Waals surface area contributed by atoms with Crippen LogP contribution in [0.3, 0.4) is 0 Å². The van der Waals surface area contributed by atoms with Crippen LogP contribution < -0.4 is 24.6 Å². The molecular formula is C22H22FN5O3S2. The number of amides is 1. The number of nitrogens with one attached hydrogen (secondary N) is 1. The van der Waals surface area contributed by atoms with Gasteiger partial charge in [0.2, 0.25) is 11.0 Å². The molecule has 0 radical (unpaired) electrons. The summed E-state index contributed by atoms with van der Waals surface area (Å²) in [5.74, 6) is 1.22. The van der Waals surface area contributed by atoms with E-state index in [1.54, 1.807) is 30.3 Å². The van der Waals surface area contributed by atoms with E-state index < -0.39 is 0 Å². The lowest BCUT2D eigenvalue weighted by molar-refractivity contribution is -0.113. The zero-order chi connectivity index (χ0) is 22.6. The predicted molar refractivity (Wildman–Crippen MR) is 128 cm³/mol. The fraction of sp³-hybridized carbons (Fsp3) is 0.318. The van der Waals surface area contributed by atoms with Crippen LogP contribution in [0.25, 0.3) is 0 Å². The standard InChI is InChI=1S/C22H22FN5O3S2/c23-15-1-4-17(5-2-15)27-7-9-28(10-8-27)21-25-26-22(33-21)32-14-20(29)24-16-3-6-18-19(13-16)31-12-11-30-18/h1-6,13H,7-12,14H2,(H,24,29). The first-order valence-corrected chi connectivity index (χ1v) is 12.4. The molecule has 2 aromatic carbocycles. The quantitative estimate of drug-likeness (QED) is 0.530. The minimum atomic E-state index is -0.226. The lowest BCUT2D eigenvalue weighted by Crippen LogP contribution is -2.46. The SMILES string of the molecule is O=C(CSc1nnc(N2CCN(c3ccc(F)cc3)CC2)s1)Nc1ccc2c(c1)OCCO2. The molecule has 0 unspecified atom stereocenters. The van der Waals surface area contributed by atoms with E-state index in [2.05, 4.69) is 25.3 Å². The van der Waals surface area contributed by atoms with Gasteiger partial charge in [-0.15, -0.1) is 10.2 Å². The molecule has 0 spiro atoms. The second kappa shape index (κ2) is 9.84. The van der Waals surface area contributed by atoms with E-state index in [1.807, 2.05) is 0 Å². The monoisotopic (exact) mass is 487 g/mol. The Balaban J connectivity index is 1.10. The van der Waals surface area contributed by atoms with E-state index in [0.717, 1.165) is 41.3 Å². The summed E-state index contributed by atoms with van der Waals surface area (Å²) in [6.07, 6.45) is 0. The number of thioether (sulfide) groups is 1. The van der Waals surface area contributed by atoms with Gasteiger partial charge in [0.15, 0.2) is 15.8 Å². The number of hydrogen-bond acceptors (Lipinski definition) is 9. The van der Waals surface area contributed by atoms with Crippen molar-refractivity contribution in [3.8, 4) is 11.5 Å². The molecule has 3 heterocycles. The number of benzene rings is 2. The molecule has 33 heavy (non-hydrogen) atoms. The van der Waals surface area contributed by atoms with Crippen LogP contribution in [-0.4, -0.2) is 61.3 Å². The van der Waals surface area contributed by atoms with E-state index in [-0.39, 0.29) is 17.5 Å². The lowest BCUT2D eigenvalue weighted by Gasteiger charge is -2.35. The maximum absolute atomic E-state index is 13.1. The predicted octanol–water partition coefficient (Wildman–Crippen LogP) is 3.51. The van der Waals surface area contributed by atoms with Crippen molar-refractivity contribution in [3.05, 3.63) is 48.3 Å². The number of rotatable bonds is 6. The van der Waals surface area contributed by atoms with E-state index in [9.17, 15) is 9.18 Å². The normalized spacial score (nSPS) is 15.4. The van der Waals surface area contributed by atoms with Crippen LogP contribution >= 0.6 is 23.1 Å². The highest BCUT2D eigenvalue weighted by molar-refractivity contribution is 8.01. The van der Waals surface area contributed by atoms with Crippen molar-refractivity contribution in [1.82, 2.24) is 10.2 Å². The van der Waals surface area contributed by atoms with Crippen molar-refractivity contribution in [1.29, 1.82) is 0 Å². The molecule has 5 rings (SSSR count). The Kier molecular flexibility index (Phi) is 6.49. The molecule has 0 bridgehead atoms. The van der Waals surface area contributed by atoms with E-state index >= 15 is 0 Å². The van der Waals surface area contributed by atoms with Gasteiger partial charge in [-0.2, -0.15) is 0 Å². The van der Waals surface area contributed by atoms with Crippen molar-refractivity contribution in [2.75, 3.05) is 60.3 Å². The summed E-state index contributed by atoms with van der Waals surface area (Å²) in [5, 5.41) is 12.3. The lowest BCUT2D eigenvalue weighted by atomic mass is 10.2. The molecule has 1 fully saturated rings. The Morgan fingerprint density at radius 1 is 1.00 bits per heavy atom. The van der Waals surface area contributed by atoms with Gasteiger partial charge in [0.25, 0.3) is 0 Å². The summed E-state index contributed by atoms with van der Waals surface area (Å²) >= 11 is 2.85. The zero-order valence-corrected chi connectivity index (χ0v) is 19.3. The molecule has 0 atom stereocenters. The first kappa shape index (κ1) is 21.8. The number of fused-ring (bicyclic) bond motifs is 1. The van der Waals surface area contributed by atoms with Crippen LogP contribution in [0.1, 0.15) is 0 Å². The van der Waals surface area contributed by atoms with Crippen LogP contribution in [0.4, 0.5) is 20.9 Å². The molecule has 3 aromatic rings. The molecule has 1 aromatic heterocycles. The molecule has 1 N–H and O–H groups in total. The highest BCUT2D eigenvalue weighted by Crippen LogP contribution is 2.33. The van der Waals surface area contributed by atoms with Crippen LogP contribution in [-0.2, 0) is 4.79 Å². The average Bonchev–Trinajstić information content (AvgIpc) is 3.32. The van der Waals surface area contributed by atoms with E-state index in [4.69, 9.17) is 9.47 Å². The summed E-state index contributed by atoms with van der Waals surface area (Å²) in [4.78, 5) is 16.8. The van der Waals surface area contributed by atoms with Crippen molar-refractivity contribution >= 4 is 45.5 Å². The topological polar surface area (TPSA) is 79.8 Å². The zero-order valence-electron chi connectivity index (χ0n) is 17.7. The van der Waals surface area contributed by atoms with Gasteiger partial charge < -0.3 is 24.6 Å². The van der Waals surface area contributed by atoms with Crippen LogP contribution in [0, 0.1) is 5.82 Å². The molecule has 0 saturated carbocycles. The molecule has 0 aliphatic carbocycles. The maximum Gasteiger partial charge on any atom is 0.234 e. The van der Waals surface area contributed by atoms with E-state index in [0.29, 0.717) is 30.4 Å². The van der Waals surface area contributed by atoms with Gasteiger partial charge in [0.1, 0.15) is 19.0 Å². The Hall–Kier alpha value is -3.05. The molecule has 2 aliphatic heterocycles. The third kappa shape index (κ3) is 5.31. The van der Waals surface area contributed by atoms with Crippen molar-refractivity contribution in [2.45, 2.75) is 4.34 Å². The molecule has 8 nitrogen and oxygen atoms in total. The number of ether oxygens (including phenoxy) is 2. The van der Waals surface area contributed by atoms with Gasteiger partial charge in [-0.25, -0.2) is 4.39 Å². The Labute approximate surface area is 198 Å². The second-order valence-corrected chi connectivity index (χ2v) is 9.67. The first-order valence-electron chi connectivity index (χ1n) is 10.6. The summed E-state index contributed by atoms with van der Waals surface area (Å²) in [7, 11) is 0. The number of carbonyl (C=O) groups is 1. The largest absolute Gasteiger partial charge is 0.486 e.